The molecule has 0 fully saturated rings. The van der Waals surface area contributed by atoms with E-state index in [1.165, 1.54) is 0 Å². The standard InChI is InChI=1S/C20H24O2/c1-3-19(21)14-16(2)20(18-12-8-5-9-13-18)22-15-17-10-6-4-7-11-17/h4-13,19-21H,2-3,14-15H2,1H3/t19-,20+/m1/s1. The zero-order chi connectivity index (χ0) is 15.8. The van der Waals surface area contributed by atoms with Gasteiger partial charge in [-0.1, -0.05) is 74.2 Å². The first-order valence-electron chi connectivity index (χ1n) is 7.77. The van der Waals surface area contributed by atoms with Crippen molar-refractivity contribution < 1.29 is 9.84 Å². The van der Waals surface area contributed by atoms with Crippen molar-refractivity contribution in [3.8, 4) is 0 Å². The van der Waals surface area contributed by atoms with Gasteiger partial charge < -0.3 is 9.84 Å². The minimum Gasteiger partial charge on any atom is -0.393 e. The van der Waals surface area contributed by atoms with Gasteiger partial charge in [-0.25, -0.2) is 0 Å². The van der Waals surface area contributed by atoms with Gasteiger partial charge in [0.2, 0.25) is 0 Å². The number of aliphatic hydroxyl groups is 1. The Balaban J connectivity index is 2.10. The molecule has 0 aliphatic carbocycles. The second-order valence-corrected chi connectivity index (χ2v) is 5.51. The molecule has 116 valence electrons. The maximum Gasteiger partial charge on any atom is 0.104 e. The average molecular weight is 296 g/mol. The summed E-state index contributed by atoms with van der Waals surface area (Å²) in [5, 5.41) is 9.89. The molecule has 0 aliphatic rings. The Hall–Kier alpha value is -1.90. The van der Waals surface area contributed by atoms with Gasteiger partial charge in [0.25, 0.3) is 0 Å². The monoisotopic (exact) mass is 296 g/mol. The molecule has 0 amide bonds. The third-order valence-corrected chi connectivity index (χ3v) is 3.70. The maximum absolute atomic E-state index is 9.89. The summed E-state index contributed by atoms with van der Waals surface area (Å²) >= 11 is 0. The van der Waals surface area contributed by atoms with Crippen LogP contribution in [0.15, 0.2) is 72.8 Å². The van der Waals surface area contributed by atoms with Crippen LogP contribution in [0.3, 0.4) is 0 Å². The summed E-state index contributed by atoms with van der Waals surface area (Å²) in [4.78, 5) is 0. The van der Waals surface area contributed by atoms with Gasteiger partial charge in [-0.2, -0.15) is 0 Å². The molecule has 0 saturated carbocycles. The van der Waals surface area contributed by atoms with Crippen LogP contribution >= 0.6 is 0 Å². The Kier molecular flexibility index (Phi) is 6.38. The number of hydrogen-bond donors (Lipinski definition) is 1. The summed E-state index contributed by atoms with van der Waals surface area (Å²) in [5.74, 6) is 0. The van der Waals surface area contributed by atoms with E-state index in [2.05, 4.69) is 6.58 Å². The van der Waals surface area contributed by atoms with Crippen LogP contribution in [0.4, 0.5) is 0 Å². The predicted octanol–water partition coefficient (Wildman–Crippen LogP) is 4.66. The van der Waals surface area contributed by atoms with Crippen molar-refractivity contribution in [3.63, 3.8) is 0 Å². The highest BCUT2D eigenvalue weighted by molar-refractivity contribution is 5.25. The normalized spacial score (nSPS) is 13.5. The van der Waals surface area contributed by atoms with Gasteiger partial charge in [-0.15, -0.1) is 0 Å². The van der Waals surface area contributed by atoms with Crippen LogP contribution in [0, 0.1) is 0 Å². The molecule has 0 spiro atoms. The van der Waals surface area contributed by atoms with Gasteiger partial charge >= 0.3 is 0 Å². The molecule has 0 unspecified atom stereocenters. The molecule has 0 saturated heterocycles. The molecule has 0 heterocycles. The minimum atomic E-state index is -0.362. The fourth-order valence-corrected chi connectivity index (χ4v) is 2.39. The summed E-state index contributed by atoms with van der Waals surface area (Å²) in [6.07, 6.45) is 0.728. The lowest BCUT2D eigenvalue weighted by molar-refractivity contribution is 0.0557. The van der Waals surface area contributed by atoms with E-state index in [1.807, 2.05) is 67.6 Å². The van der Waals surface area contributed by atoms with Crippen LogP contribution in [0.25, 0.3) is 0 Å². The lowest BCUT2D eigenvalue weighted by atomic mass is 9.97. The van der Waals surface area contributed by atoms with Crippen molar-refractivity contribution >= 4 is 0 Å². The number of hydrogen-bond acceptors (Lipinski definition) is 2. The second-order valence-electron chi connectivity index (χ2n) is 5.51. The maximum atomic E-state index is 9.89. The Morgan fingerprint density at radius 1 is 1.05 bits per heavy atom. The molecule has 0 aliphatic heterocycles. The van der Waals surface area contributed by atoms with E-state index in [-0.39, 0.29) is 12.2 Å². The Bertz CT molecular complexity index is 563. The molecule has 2 heteroatoms. The van der Waals surface area contributed by atoms with Gasteiger partial charge in [-0.05, 0) is 29.5 Å². The molecule has 22 heavy (non-hydrogen) atoms. The number of aliphatic hydroxyl groups excluding tert-OH is 1. The first-order chi connectivity index (χ1) is 10.7. The molecule has 1 N–H and O–H groups in total. The van der Waals surface area contributed by atoms with Crippen molar-refractivity contribution in [3.05, 3.63) is 83.9 Å². The highest BCUT2D eigenvalue weighted by Crippen LogP contribution is 2.29. The minimum absolute atomic E-state index is 0.192. The highest BCUT2D eigenvalue weighted by Gasteiger charge is 2.18. The van der Waals surface area contributed by atoms with Gasteiger partial charge in [0.05, 0.1) is 12.7 Å². The van der Waals surface area contributed by atoms with Crippen molar-refractivity contribution in [2.75, 3.05) is 0 Å². The van der Waals surface area contributed by atoms with E-state index in [4.69, 9.17) is 4.74 Å². The molecule has 2 aromatic rings. The van der Waals surface area contributed by atoms with Crippen LogP contribution < -0.4 is 0 Å². The first kappa shape index (κ1) is 16.5. The Morgan fingerprint density at radius 2 is 1.64 bits per heavy atom. The predicted molar refractivity (Wildman–Crippen MR) is 90.5 cm³/mol. The molecular weight excluding hydrogens is 272 g/mol. The summed E-state index contributed by atoms with van der Waals surface area (Å²) in [7, 11) is 0. The Morgan fingerprint density at radius 3 is 2.23 bits per heavy atom. The van der Waals surface area contributed by atoms with Crippen LogP contribution in [-0.4, -0.2) is 11.2 Å². The third-order valence-electron chi connectivity index (χ3n) is 3.70. The molecule has 0 aromatic heterocycles. The summed E-state index contributed by atoms with van der Waals surface area (Å²) < 4.78 is 6.11. The summed E-state index contributed by atoms with van der Waals surface area (Å²) in [6, 6.07) is 20.2. The number of benzene rings is 2. The molecular formula is C20H24O2. The van der Waals surface area contributed by atoms with E-state index < -0.39 is 0 Å². The lowest BCUT2D eigenvalue weighted by Crippen LogP contribution is -2.13. The topological polar surface area (TPSA) is 29.5 Å². The van der Waals surface area contributed by atoms with Crippen LogP contribution in [0.5, 0.6) is 0 Å². The quantitative estimate of drug-likeness (QED) is 0.718. The Labute approximate surface area is 133 Å². The first-order valence-corrected chi connectivity index (χ1v) is 7.77. The zero-order valence-corrected chi connectivity index (χ0v) is 13.1. The largest absolute Gasteiger partial charge is 0.393 e. The van der Waals surface area contributed by atoms with Gasteiger partial charge in [-0.3, -0.25) is 0 Å². The van der Waals surface area contributed by atoms with Crippen molar-refractivity contribution in [1.29, 1.82) is 0 Å². The van der Waals surface area contributed by atoms with Crippen molar-refractivity contribution in [1.82, 2.24) is 0 Å². The third kappa shape index (κ3) is 4.83. The lowest BCUT2D eigenvalue weighted by Gasteiger charge is -2.22. The number of ether oxygens (including phenoxy) is 1. The molecule has 0 bridgehead atoms. The van der Waals surface area contributed by atoms with E-state index in [1.54, 1.807) is 0 Å². The fourth-order valence-electron chi connectivity index (χ4n) is 2.39. The summed E-state index contributed by atoms with van der Waals surface area (Å²) in [6.45, 7) is 6.65. The van der Waals surface area contributed by atoms with Gasteiger partial charge in [0, 0.05) is 0 Å². The van der Waals surface area contributed by atoms with Gasteiger partial charge in [0.1, 0.15) is 6.10 Å². The molecule has 0 radical (unpaired) electrons. The van der Waals surface area contributed by atoms with Crippen molar-refractivity contribution in [2.24, 2.45) is 0 Å². The van der Waals surface area contributed by atoms with Crippen LogP contribution in [-0.2, 0) is 11.3 Å². The molecule has 2 nitrogen and oxygen atoms in total. The smallest absolute Gasteiger partial charge is 0.104 e. The second kappa shape index (κ2) is 8.52. The van der Waals surface area contributed by atoms with Crippen LogP contribution in [0.2, 0.25) is 0 Å². The van der Waals surface area contributed by atoms with E-state index >= 15 is 0 Å². The highest BCUT2D eigenvalue weighted by atomic mass is 16.5. The van der Waals surface area contributed by atoms with E-state index in [0.29, 0.717) is 13.0 Å². The summed E-state index contributed by atoms with van der Waals surface area (Å²) in [5.41, 5.74) is 3.12. The van der Waals surface area contributed by atoms with Gasteiger partial charge in [0.15, 0.2) is 0 Å². The number of rotatable bonds is 8. The van der Waals surface area contributed by atoms with Crippen LogP contribution in [0.1, 0.15) is 37.0 Å². The molecule has 2 atom stereocenters. The molecule has 2 aromatic carbocycles. The van der Waals surface area contributed by atoms with E-state index in [0.717, 1.165) is 23.1 Å². The molecule has 2 rings (SSSR count). The average Bonchev–Trinajstić information content (AvgIpc) is 2.57. The zero-order valence-electron chi connectivity index (χ0n) is 13.1. The fraction of sp³-hybridized carbons (Fsp3) is 0.300. The van der Waals surface area contributed by atoms with Crippen molar-refractivity contribution in [2.45, 2.75) is 38.6 Å². The van der Waals surface area contributed by atoms with E-state index in [9.17, 15) is 5.11 Å². The SMILES string of the molecule is C=C(C[C@H](O)CC)[C@H](OCc1ccccc1)c1ccccc1.